The third kappa shape index (κ3) is 3.14. The van der Waals surface area contributed by atoms with Crippen molar-refractivity contribution in [1.82, 2.24) is 10.1 Å². The van der Waals surface area contributed by atoms with Crippen molar-refractivity contribution in [2.75, 3.05) is 0 Å². The van der Waals surface area contributed by atoms with Gasteiger partial charge in [0.25, 0.3) is 0 Å². The van der Waals surface area contributed by atoms with Crippen molar-refractivity contribution in [3.05, 3.63) is 29.9 Å². The van der Waals surface area contributed by atoms with Crippen LogP contribution < -0.4 is 4.74 Å². The van der Waals surface area contributed by atoms with Crippen LogP contribution in [0.4, 0.5) is 17.6 Å². The lowest BCUT2D eigenvalue weighted by molar-refractivity contribution is -0.275. The van der Waals surface area contributed by atoms with Gasteiger partial charge < -0.3 is 9.26 Å². The lowest BCUT2D eigenvalue weighted by Gasteiger charge is -2.10. The van der Waals surface area contributed by atoms with E-state index in [2.05, 4.69) is 19.4 Å². The lowest BCUT2D eigenvalue weighted by atomic mass is 10.2. The van der Waals surface area contributed by atoms with Crippen molar-refractivity contribution in [2.24, 2.45) is 0 Å². The van der Waals surface area contributed by atoms with E-state index in [1.165, 1.54) is 12.1 Å². The highest BCUT2D eigenvalue weighted by molar-refractivity contribution is 6.16. The standard InChI is InChI=1S/C10H5ClF4N2O2/c11-4-7-16-9(17-19-7)5-2-1-3-6(8(5)12)18-10(13,14)15/h1-3H,4H2. The molecule has 0 aliphatic carbocycles. The molecule has 0 atom stereocenters. The largest absolute Gasteiger partial charge is 0.573 e. The van der Waals surface area contributed by atoms with Crippen LogP contribution >= 0.6 is 11.6 Å². The van der Waals surface area contributed by atoms with E-state index < -0.39 is 17.9 Å². The van der Waals surface area contributed by atoms with E-state index in [4.69, 9.17) is 11.6 Å². The van der Waals surface area contributed by atoms with Crippen molar-refractivity contribution in [2.45, 2.75) is 12.2 Å². The van der Waals surface area contributed by atoms with Gasteiger partial charge in [-0.15, -0.1) is 24.8 Å². The Bertz CT molecular complexity index is 585. The molecular formula is C10H5ClF4N2O2. The quantitative estimate of drug-likeness (QED) is 0.642. The maximum absolute atomic E-state index is 13.8. The van der Waals surface area contributed by atoms with Crippen molar-refractivity contribution in [1.29, 1.82) is 0 Å². The summed E-state index contributed by atoms with van der Waals surface area (Å²) in [4.78, 5) is 3.71. The summed E-state index contributed by atoms with van der Waals surface area (Å²) < 4.78 is 58.2. The van der Waals surface area contributed by atoms with Gasteiger partial charge in [0.05, 0.1) is 5.56 Å². The molecule has 1 heterocycles. The molecule has 0 radical (unpaired) electrons. The molecule has 1 aromatic heterocycles. The molecule has 0 bridgehead atoms. The van der Waals surface area contributed by atoms with E-state index in [-0.39, 0.29) is 23.2 Å². The summed E-state index contributed by atoms with van der Waals surface area (Å²) >= 11 is 5.42. The molecule has 2 aromatic rings. The molecule has 0 N–H and O–H groups in total. The van der Waals surface area contributed by atoms with Gasteiger partial charge in [-0.2, -0.15) is 4.98 Å². The van der Waals surface area contributed by atoms with Gasteiger partial charge in [0.15, 0.2) is 11.6 Å². The van der Waals surface area contributed by atoms with Gasteiger partial charge in [0, 0.05) is 0 Å². The van der Waals surface area contributed by atoms with Crippen LogP contribution in [-0.4, -0.2) is 16.5 Å². The number of alkyl halides is 4. The van der Waals surface area contributed by atoms with Gasteiger partial charge in [-0.25, -0.2) is 4.39 Å². The SMILES string of the molecule is Fc1c(OC(F)(F)F)cccc1-c1noc(CCl)n1. The zero-order chi connectivity index (χ0) is 14.0. The van der Waals surface area contributed by atoms with Gasteiger partial charge in [-0.3, -0.25) is 0 Å². The summed E-state index contributed by atoms with van der Waals surface area (Å²) in [5.41, 5.74) is -0.276. The number of benzene rings is 1. The molecule has 19 heavy (non-hydrogen) atoms. The first-order valence-electron chi connectivity index (χ1n) is 4.84. The number of nitrogens with zero attached hydrogens (tertiary/aromatic N) is 2. The predicted octanol–water partition coefficient (Wildman–Crippen LogP) is 3.51. The summed E-state index contributed by atoms with van der Waals surface area (Å²) in [6.07, 6.45) is -4.99. The molecule has 1 aromatic carbocycles. The second kappa shape index (κ2) is 5.04. The first kappa shape index (κ1) is 13.6. The number of hydrogen-bond donors (Lipinski definition) is 0. The first-order chi connectivity index (χ1) is 8.90. The normalized spacial score (nSPS) is 11.6. The minimum Gasteiger partial charge on any atom is -0.403 e. The lowest BCUT2D eigenvalue weighted by Crippen LogP contribution is -2.18. The number of aromatic nitrogens is 2. The Balaban J connectivity index is 2.39. The maximum Gasteiger partial charge on any atom is 0.573 e. The number of hydrogen-bond acceptors (Lipinski definition) is 4. The fourth-order valence-corrected chi connectivity index (χ4v) is 1.41. The zero-order valence-electron chi connectivity index (χ0n) is 9.04. The topological polar surface area (TPSA) is 48.2 Å². The Morgan fingerprint density at radius 3 is 2.63 bits per heavy atom. The third-order valence-corrected chi connectivity index (χ3v) is 2.24. The highest BCUT2D eigenvalue weighted by Crippen LogP contribution is 2.31. The van der Waals surface area contributed by atoms with Crippen LogP contribution in [0.2, 0.25) is 0 Å². The van der Waals surface area contributed by atoms with Gasteiger partial charge >= 0.3 is 6.36 Å². The average molecular weight is 297 g/mol. The Hall–Kier alpha value is -1.83. The second-order valence-corrected chi connectivity index (χ2v) is 3.58. The molecule has 0 aliphatic heterocycles. The van der Waals surface area contributed by atoms with E-state index in [1.807, 2.05) is 0 Å². The van der Waals surface area contributed by atoms with Gasteiger partial charge in [0.1, 0.15) is 5.88 Å². The van der Waals surface area contributed by atoms with Crippen molar-refractivity contribution in [3.63, 3.8) is 0 Å². The predicted molar refractivity (Wildman–Crippen MR) is 55.9 cm³/mol. The molecule has 2 rings (SSSR count). The van der Waals surface area contributed by atoms with Crippen molar-refractivity contribution < 1.29 is 26.8 Å². The molecule has 0 amide bonds. The number of rotatable bonds is 3. The highest BCUT2D eigenvalue weighted by atomic mass is 35.5. The Morgan fingerprint density at radius 2 is 2.05 bits per heavy atom. The van der Waals surface area contributed by atoms with Gasteiger partial charge in [-0.1, -0.05) is 11.2 Å². The molecule has 0 saturated heterocycles. The third-order valence-electron chi connectivity index (χ3n) is 2.01. The summed E-state index contributed by atoms with van der Waals surface area (Å²) in [5.74, 6) is -2.48. The first-order valence-corrected chi connectivity index (χ1v) is 5.37. The van der Waals surface area contributed by atoms with Crippen LogP contribution in [0.15, 0.2) is 22.7 Å². The molecule has 102 valence electrons. The average Bonchev–Trinajstić information content (AvgIpc) is 2.78. The Morgan fingerprint density at radius 1 is 1.32 bits per heavy atom. The van der Waals surface area contributed by atoms with Gasteiger partial charge in [0.2, 0.25) is 11.7 Å². The van der Waals surface area contributed by atoms with E-state index in [0.29, 0.717) is 0 Å². The summed E-state index contributed by atoms with van der Waals surface area (Å²) in [6, 6.07) is 3.21. The van der Waals surface area contributed by atoms with Crippen molar-refractivity contribution >= 4 is 11.6 Å². The minimum absolute atomic E-state index is 0.0261. The van der Waals surface area contributed by atoms with Gasteiger partial charge in [-0.05, 0) is 12.1 Å². The van der Waals surface area contributed by atoms with E-state index in [9.17, 15) is 17.6 Å². The minimum atomic E-state index is -4.99. The molecule has 0 unspecified atom stereocenters. The van der Waals surface area contributed by atoms with Crippen LogP contribution in [0.5, 0.6) is 5.75 Å². The molecule has 0 spiro atoms. The molecular weight excluding hydrogens is 292 g/mol. The molecule has 0 fully saturated rings. The van der Waals surface area contributed by atoms with Crippen LogP contribution in [0, 0.1) is 5.82 Å². The molecule has 4 nitrogen and oxygen atoms in total. The molecule has 0 saturated carbocycles. The van der Waals surface area contributed by atoms with Crippen LogP contribution in [0.1, 0.15) is 5.89 Å². The molecule has 0 aliphatic rings. The fraction of sp³-hybridized carbons (Fsp3) is 0.200. The van der Waals surface area contributed by atoms with E-state index >= 15 is 0 Å². The smallest absolute Gasteiger partial charge is 0.403 e. The highest BCUT2D eigenvalue weighted by Gasteiger charge is 2.33. The van der Waals surface area contributed by atoms with Crippen LogP contribution in [0.25, 0.3) is 11.4 Å². The monoisotopic (exact) mass is 296 g/mol. The van der Waals surface area contributed by atoms with E-state index in [0.717, 1.165) is 6.07 Å². The van der Waals surface area contributed by atoms with Crippen LogP contribution in [0.3, 0.4) is 0 Å². The summed E-state index contributed by atoms with van der Waals surface area (Å²) in [7, 11) is 0. The Labute approximate surface area is 108 Å². The Kier molecular flexibility index (Phi) is 3.61. The zero-order valence-corrected chi connectivity index (χ0v) is 9.80. The molecule has 9 heteroatoms. The van der Waals surface area contributed by atoms with E-state index in [1.54, 1.807) is 0 Å². The second-order valence-electron chi connectivity index (χ2n) is 3.31. The maximum atomic E-state index is 13.8. The summed E-state index contributed by atoms with van der Waals surface area (Å²) in [6.45, 7) is 0. The van der Waals surface area contributed by atoms with Crippen LogP contribution in [-0.2, 0) is 5.88 Å². The number of halogens is 5. The fourth-order valence-electron chi connectivity index (χ4n) is 1.31. The summed E-state index contributed by atoms with van der Waals surface area (Å²) in [5, 5.41) is 3.41. The van der Waals surface area contributed by atoms with Crippen molar-refractivity contribution in [3.8, 4) is 17.1 Å². The number of ether oxygens (including phenoxy) is 1.